The molecule has 2 amide bonds. The van der Waals surface area contributed by atoms with Crippen LogP contribution in [0.15, 0.2) is 42.5 Å². The minimum atomic E-state index is -0.558. The molecule has 2 aromatic rings. The summed E-state index contributed by atoms with van der Waals surface area (Å²) in [4.78, 5) is 24.2. The lowest BCUT2D eigenvalue weighted by atomic mass is 10.1. The molecule has 0 radical (unpaired) electrons. The van der Waals surface area contributed by atoms with Crippen LogP contribution in [0.3, 0.4) is 0 Å². The van der Waals surface area contributed by atoms with Gasteiger partial charge in [-0.2, -0.15) is 0 Å². The maximum absolute atomic E-state index is 12.4. The van der Waals surface area contributed by atoms with Gasteiger partial charge < -0.3 is 20.1 Å². The van der Waals surface area contributed by atoms with E-state index in [0.717, 1.165) is 5.56 Å². The van der Waals surface area contributed by atoms with E-state index in [0.29, 0.717) is 22.9 Å². The molecular weight excluding hydrogens is 308 g/mol. The van der Waals surface area contributed by atoms with E-state index < -0.39 is 6.10 Å². The molecule has 0 saturated carbocycles. The molecule has 1 aliphatic rings. The highest BCUT2D eigenvalue weighted by atomic mass is 16.5. The Morgan fingerprint density at radius 2 is 2.04 bits per heavy atom. The van der Waals surface area contributed by atoms with Gasteiger partial charge in [-0.25, -0.2) is 0 Å². The van der Waals surface area contributed by atoms with Crippen LogP contribution in [0.1, 0.15) is 12.5 Å². The molecule has 6 heteroatoms. The minimum Gasteiger partial charge on any atom is -0.496 e. The summed E-state index contributed by atoms with van der Waals surface area (Å²) in [5.74, 6) is 0.750. The summed E-state index contributed by atoms with van der Waals surface area (Å²) in [7, 11) is 1.57. The Bertz CT molecular complexity index is 788. The van der Waals surface area contributed by atoms with Crippen molar-refractivity contribution in [1.29, 1.82) is 0 Å². The van der Waals surface area contributed by atoms with Crippen LogP contribution in [0.2, 0.25) is 0 Å². The molecule has 1 aliphatic heterocycles. The Morgan fingerprint density at radius 3 is 2.83 bits per heavy atom. The van der Waals surface area contributed by atoms with Gasteiger partial charge >= 0.3 is 0 Å². The second-order valence-electron chi connectivity index (χ2n) is 5.46. The second-order valence-corrected chi connectivity index (χ2v) is 5.46. The SMILES string of the molecule is COc1ccccc1CC(=O)Nc1cccc2c1NC(=O)C(C)O2. The number of rotatable bonds is 4. The molecule has 1 heterocycles. The molecule has 0 fully saturated rings. The number of para-hydroxylation sites is 2. The van der Waals surface area contributed by atoms with Gasteiger partial charge in [0.2, 0.25) is 5.91 Å². The smallest absolute Gasteiger partial charge is 0.265 e. The van der Waals surface area contributed by atoms with Crippen molar-refractivity contribution in [3.63, 3.8) is 0 Å². The average Bonchev–Trinajstić information content (AvgIpc) is 2.57. The van der Waals surface area contributed by atoms with Gasteiger partial charge in [-0.15, -0.1) is 0 Å². The van der Waals surface area contributed by atoms with Crippen LogP contribution >= 0.6 is 0 Å². The lowest BCUT2D eigenvalue weighted by molar-refractivity contribution is -0.122. The molecule has 124 valence electrons. The largest absolute Gasteiger partial charge is 0.496 e. The Morgan fingerprint density at radius 1 is 1.25 bits per heavy atom. The minimum absolute atomic E-state index is 0.166. The van der Waals surface area contributed by atoms with E-state index in [2.05, 4.69) is 10.6 Å². The number of nitrogens with one attached hydrogen (secondary N) is 2. The van der Waals surface area contributed by atoms with Gasteiger partial charge in [-0.05, 0) is 25.1 Å². The highest BCUT2D eigenvalue weighted by Gasteiger charge is 2.25. The normalized spacial score (nSPS) is 15.8. The molecule has 2 aromatic carbocycles. The zero-order valence-electron chi connectivity index (χ0n) is 13.5. The number of carbonyl (C=O) groups is 2. The van der Waals surface area contributed by atoms with Gasteiger partial charge in [0.15, 0.2) is 6.10 Å². The molecule has 0 bridgehead atoms. The van der Waals surface area contributed by atoms with Crippen LogP contribution in [0.4, 0.5) is 11.4 Å². The van der Waals surface area contributed by atoms with Crippen LogP contribution in [0.5, 0.6) is 11.5 Å². The summed E-state index contributed by atoms with van der Waals surface area (Å²) in [6.07, 6.45) is -0.393. The van der Waals surface area contributed by atoms with Gasteiger partial charge in [-0.3, -0.25) is 9.59 Å². The Hall–Kier alpha value is -3.02. The van der Waals surface area contributed by atoms with Crippen molar-refractivity contribution in [2.75, 3.05) is 17.7 Å². The predicted molar refractivity (Wildman–Crippen MR) is 90.5 cm³/mol. The topological polar surface area (TPSA) is 76.7 Å². The quantitative estimate of drug-likeness (QED) is 0.905. The molecule has 3 rings (SSSR count). The third-order valence-electron chi connectivity index (χ3n) is 3.77. The fourth-order valence-electron chi connectivity index (χ4n) is 2.55. The first-order valence-corrected chi connectivity index (χ1v) is 7.60. The highest BCUT2D eigenvalue weighted by Crippen LogP contribution is 2.36. The number of hydrogen-bond acceptors (Lipinski definition) is 4. The van der Waals surface area contributed by atoms with Gasteiger partial charge in [0.25, 0.3) is 5.91 Å². The number of ether oxygens (including phenoxy) is 2. The van der Waals surface area contributed by atoms with Crippen molar-refractivity contribution in [1.82, 2.24) is 0 Å². The van der Waals surface area contributed by atoms with Crippen LogP contribution in [-0.2, 0) is 16.0 Å². The molecule has 1 unspecified atom stereocenters. The van der Waals surface area contributed by atoms with E-state index in [1.54, 1.807) is 32.2 Å². The summed E-state index contributed by atoms with van der Waals surface area (Å²) < 4.78 is 10.8. The summed E-state index contributed by atoms with van der Waals surface area (Å²) in [5.41, 5.74) is 1.78. The second kappa shape index (κ2) is 6.62. The van der Waals surface area contributed by atoms with E-state index in [-0.39, 0.29) is 18.2 Å². The Balaban J connectivity index is 1.78. The summed E-state index contributed by atoms with van der Waals surface area (Å²) in [5, 5.41) is 5.58. The van der Waals surface area contributed by atoms with Crippen molar-refractivity contribution < 1.29 is 19.1 Å². The first-order chi connectivity index (χ1) is 11.6. The third kappa shape index (κ3) is 3.17. The number of amides is 2. The van der Waals surface area contributed by atoms with Gasteiger partial charge in [0, 0.05) is 5.56 Å². The Kier molecular flexibility index (Phi) is 4.37. The van der Waals surface area contributed by atoms with Crippen molar-refractivity contribution in [3.8, 4) is 11.5 Å². The molecule has 0 aromatic heterocycles. The molecule has 1 atom stereocenters. The van der Waals surface area contributed by atoms with E-state index in [4.69, 9.17) is 9.47 Å². The van der Waals surface area contributed by atoms with Crippen molar-refractivity contribution >= 4 is 23.2 Å². The van der Waals surface area contributed by atoms with Gasteiger partial charge in [0.05, 0.1) is 19.2 Å². The van der Waals surface area contributed by atoms with E-state index in [1.165, 1.54) is 0 Å². The molecule has 6 nitrogen and oxygen atoms in total. The lowest BCUT2D eigenvalue weighted by Crippen LogP contribution is -2.35. The zero-order chi connectivity index (χ0) is 17.1. The fourth-order valence-corrected chi connectivity index (χ4v) is 2.55. The molecule has 0 saturated heterocycles. The number of anilines is 2. The first kappa shape index (κ1) is 15.9. The molecule has 0 spiro atoms. The van der Waals surface area contributed by atoms with Crippen LogP contribution in [0, 0.1) is 0 Å². The maximum Gasteiger partial charge on any atom is 0.265 e. The van der Waals surface area contributed by atoms with Gasteiger partial charge in [0.1, 0.15) is 17.2 Å². The monoisotopic (exact) mass is 326 g/mol. The zero-order valence-corrected chi connectivity index (χ0v) is 13.5. The van der Waals surface area contributed by atoms with Crippen molar-refractivity contribution in [2.24, 2.45) is 0 Å². The summed E-state index contributed by atoms with van der Waals surface area (Å²) in [6, 6.07) is 12.6. The van der Waals surface area contributed by atoms with Crippen LogP contribution < -0.4 is 20.1 Å². The van der Waals surface area contributed by atoms with E-state index in [9.17, 15) is 9.59 Å². The summed E-state index contributed by atoms with van der Waals surface area (Å²) in [6.45, 7) is 1.67. The fraction of sp³-hybridized carbons (Fsp3) is 0.222. The van der Waals surface area contributed by atoms with Crippen molar-refractivity contribution in [3.05, 3.63) is 48.0 Å². The number of carbonyl (C=O) groups excluding carboxylic acids is 2. The third-order valence-corrected chi connectivity index (χ3v) is 3.77. The van der Waals surface area contributed by atoms with E-state index in [1.807, 2.05) is 24.3 Å². The number of methoxy groups -OCH3 is 1. The van der Waals surface area contributed by atoms with Crippen LogP contribution in [0.25, 0.3) is 0 Å². The molecule has 0 aliphatic carbocycles. The average molecular weight is 326 g/mol. The maximum atomic E-state index is 12.4. The van der Waals surface area contributed by atoms with Crippen molar-refractivity contribution in [2.45, 2.75) is 19.4 Å². The van der Waals surface area contributed by atoms with E-state index >= 15 is 0 Å². The molecule has 2 N–H and O–H groups in total. The lowest BCUT2D eigenvalue weighted by Gasteiger charge is -2.25. The number of hydrogen-bond donors (Lipinski definition) is 2. The molecule has 24 heavy (non-hydrogen) atoms. The Labute approximate surface area is 139 Å². The standard InChI is InChI=1S/C18H18N2O4/c1-11-18(22)20-17-13(7-5-9-15(17)24-11)19-16(21)10-12-6-3-4-8-14(12)23-2/h3-9,11H,10H2,1-2H3,(H,19,21)(H,20,22). The summed E-state index contributed by atoms with van der Waals surface area (Å²) >= 11 is 0. The number of fused-ring (bicyclic) bond motifs is 1. The highest BCUT2D eigenvalue weighted by molar-refractivity contribution is 6.04. The molecular formula is C18H18N2O4. The van der Waals surface area contributed by atoms with Gasteiger partial charge in [-0.1, -0.05) is 24.3 Å². The number of benzene rings is 2. The van der Waals surface area contributed by atoms with Crippen LogP contribution in [-0.4, -0.2) is 25.0 Å². The predicted octanol–water partition coefficient (Wildman–Crippen LogP) is 2.60. The first-order valence-electron chi connectivity index (χ1n) is 7.60.